The molecule has 0 aromatic heterocycles. The number of alkyl halides is 1. The average Bonchev–Trinajstić information content (AvgIpc) is 2.25. The van der Waals surface area contributed by atoms with Gasteiger partial charge < -0.3 is 5.32 Å². The molecular weight excluding hydrogens is 210 g/mol. The van der Waals surface area contributed by atoms with Crippen LogP contribution in [0.5, 0.6) is 0 Å². The van der Waals surface area contributed by atoms with E-state index in [1.807, 2.05) is 12.2 Å². The van der Waals surface area contributed by atoms with Crippen molar-refractivity contribution in [1.82, 2.24) is 5.32 Å². The van der Waals surface area contributed by atoms with Gasteiger partial charge in [-0.15, -0.1) is 11.6 Å². The Kier molecular flexibility index (Phi) is 5.77. The average molecular weight is 230 g/mol. The number of allylic oxidation sites excluding steroid dienone is 1. The van der Waals surface area contributed by atoms with Crippen LogP contribution in [0.1, 0.15) is 32.6 Å². The fraction of sp³-hybridized carbons (Fsp3) is 0.750. The minimum Gasteiger partial charge on any atom is -0.352 e. The van der Waals surface area contributed by atoms with Crippen LogP contribution in [0, 0.1) is 11.8 Å². The summed E-state index contributed by atoms with van der Waals surface area (Å²) < 4.78 is 0. The van der Waals surface area contributed by atoms with Crippen LogP contribution in [0.3, 0.4) is 0 Å². The number of halogens is 1. The van der Waals surface area contributed by atoms with E-state index in [4.69, 9.17) is 11.6 Å². The molecule has 1 aliphatic carbocycles. The minimum atomic E-state index is 0.209. The number of nitrogens with one attached hydrogen (secondary N) is 1. The molecule has 1 amide bonds. The van der Waals surface area contributed by atoms with Crippen molar-refractivity contribution in [3.8, 4) is 0 Å². The SMILES string of the molecule is CC1CCC(C(=O)NC/C=C/CCl)CC1. The highest BCUT2D eigenvalue weighted by Crippen LogP contribution is 2.28. The zero-order chi connectivity index (χ0) is 11.1. The summed E-state index contributed by atoms with van der Waals surface area (Å²) in [6.07, 6.45) is 8.23. The molecule has 1 aliphatic rings. The topological polar surface area (TPSA) is 29.1 Å². The summed E-state index contributed by atoms with van der Waals surface area (Å²) >= 11 is 5.48. The molecule has 0 atom stereocenters. The van der Waals surface area contributed by atoms with Gasteiger partial charge in [0.2, 0.25) is 5.91 Å². The summed E-state index contributed by atoms with van der Waals surface area (Å²) in [5.74, 6) is 1.76. The van der Waals surface area contributed by atoms with Crippen molar-refractivity contribution >= 4 is 17.5 Å². The molecule has 0 unspecified atom stereocenters. The van der Waals surface area contributed by atoms with Crippen molar-refractivity contribution in [3.05, 3.63) is 12.2 Å². The van der Waals surface area contributed by atoms with Crippen LogP contribution in [0.15, 0.2) is 12.2 Å². The van der Waals surface area contributed by atoms with E-state index in [-0.39, 0.29) is 11.8 Å². The van der Waals surface area contributed by atoms with E-state index in [0.717, 1.165) is 18.8 Å². The number of rotatable bonds is 4. The molecule has 1 saturated carbocycles. The van der Waals surface area contributed by atoms with Crippen molar-refractivity contribution in [3.63, 3.8) is 0 Å². The van der Waals surface area contributed by atoms with Crippen LogP contribution in [0.4, 0.5) is 0 Å². The van der Waals surface area contributed by atoms with Crippen molar-refractivity contribution in [1.29, 1.82) is 0 Å². The molecule has 0 aromatic rings. The highest BCUT2D eigenvalue weighted by molar-refractivity contribution is 6.18. The molecule has 1 N–H and O–H groups in total. The van der Waals surface area contributed by atoms with Crippen LogP contribution < -0.4 is 5.32 Å². The summed E-state index contributed by atoms with van der Waals surface area (Å²) in [5, 5.41) is 2.92. The minimum absolute atomic E-state index is 0.209. The predicted molar refractivity (Wildman–Crippen MR) is 64.0 cm³/mol. The van der Waals surface area contributed by atoms with Gasteiger partial charge in [0, 0.05) is 18.3 Å². The summed E-state index contributed by atoms with van der Waals surface area (Å²) in [7, 11) is 0. The van der Waals surface area contributed by atoms with E-state index in [1.54, 1.807) is 0 Å². The van der Waals surface area contributed by atoms with Crippen molar-refractivity contribution in [2.45, 2.75) is 32.6 Å². The van der Waals surface area contributed by atoms with Crippen molar-refractivity contribution in [2.24, 2.45) is 11.8 Å². The molecule has 0 aliphatic heterocycles. The molecule has 1 fully saturated rings. The first-order valence-electron chi connectivity index (χ1n) is 5.72. The monoisotopic (exact) mass is 229 g/mol. The Hall–Kier alpha value is -0.500. The first-order valence-corrected chi connectivity index (χ1v) is 6.26. The van der Waals surface area contributed by atoms with Gasteiger partial charge in [0.05, 0.1) is 0 Å². The number of hydrogen-bond acceptors (Lipinski definition) is 1. The van der Waals surface area contributed by atoms with Crippen LogP contribution in [0.2, 0.25) is 0 Å². The normalized spacial score (nSPS) is 26.8. The molecule has 0 spiro atoms. The fourth-order valence-electron chi connectivity index (χ4n) is 1.97. The summed E-state index contributed by atoms with van der Waals surface area (Å²) in [5.41, 5.74) is 0. The lowest BCUT2D eigenvalue weighted by Crippen LogP contribution is -2.32. The Morgan fingerprint density at radius 3 is 2.60 bits per heavy atom. The van der Waals surface area contributed by atoms with E-state index >= 15 is 0 Å². The first kappa shape index (κ1) is 12.6. The van der Waals surface area contributed by atoms with E-state index in [2.05, 4.69) is 12.2 Å². The van der Waals surface area contributed by atoms with Gasteiger partial charge >= 0.3 is 0 Å². The second-order valence-corrected chi connectivity index (χ2v) is 4.64. The van der Waals surface area contributed by atoms with Gasteiger partial charge in [-0.1, -0.05) is 19.1 Å². The van der Waals surface area contributed by atoms with Gasteiger partial charge in [-0.25, -0.2) is 0 Å². The summed E-state index contributed by atoms with van der Waals surface area (Å²) in [6, 6.07) is 0. The second kappa shape index (κ2) is 6.89. The molecule has 15 heavy (non-hydrogen) atoms. The Bertz CT molecular complexity index is 220. The maximum atomic E-state index is 11.7. The van der Waals surface area contributed by atoms with E-state index in [1.165, 1.54) is 12.8 Å². The molecule has 0 aromatic carbocycles. The number of carbonyl (C=O) groups is 1. The molecule has 0 bridgehead atoms. The van der Waals surface area contributed by atoms with Gasteiger partial charge in [0.15, 0.2) is 0 Å². The Labute approximate surface area is 97.1 Å². The maximum absolute atomic E-state index is 11.7. The summed E-state index contributed by atoms with van der Waals surface area (Å²) in [4.78, 5) is 11.7. The number of amides is 1. The largest absolute Gasteiger partial charge is 0.352 e. The standard InChI is InChI=1S/C12H20ClNO/c1-10-4-6-11(7-5-10)12(15)14-9-3-2-8-13/h2-3,10-11H,4-9H2,1H3,(H,14,15)/b3-2+. The molecule has 86 valence electrons. The number of hydrogen-bond donors (Lipinski definition) is 1. The van der Waals surface area contributed by atoms with Gasteiger partial charge in [0.1, 0.15) is 0 Å². The van der Waals surface area contributed by atoms with Crippen LogP contribution in [0.25, 0.3) is 0 Å². The van der Waals surface area contributed by atoms with Crippen molar-refractivity contribution < 1.29 is 4.79 Å². The third-order valence-corrected chi connectivity index (χ3v) is 3.21. The third-order valence-electron chi connectivity index (χ3n) is 3.04. The maximum Gasteiger partial charge on any atom is 0.223 e. The predicted octanol–water partition coefficient (Wildman–Crippen LogP) is 2.72. The smallest absolute Gasteiger partial charge is 0.223 e. The molecule has 0 radical (unpaired) electrons. The Balaban J connectivity index is 2.19. The second-order valence-electron chi connectivity index (χ2n) is 4.33. The molecule has 1 rings (SSSR count). The summed E-state index contributed by atoms with van der Waals surface area (Å²) in [6.45, 7) is 2.87. The van der Waals surface area contributed by atoms with Gasteiger partial charge in [0.25, 0.3) is 0 Å². The fourth-order valence-corrected chi connectivity index (χ4v) is 2.10. The first-order chi connectivity index (χ1) is 7.24. The molecule has 2 nitrogen and oxygen atoms in total. The molecule has 0 saturated heterocycles. The van der Waals surface area contributed by atoms with Gasteiger partial charge in [-0.3, -0.25) is 4.79 Å². The molecule has 0 heterocycles. The Morgan fingerprint density at radius 2 is 2.00 bits per heavy atom. The lowest BCUT2D eigenvalue weighted by atomic mass is 9.82. The van der Waals surface area contributed by atoms with E-state index in [9.17, 15) is 4.79 Å². The lowest BCUT2D eigenvalue weighted by Gasteiger charge is -2.24. The lowest BCUT2D eigenvalue weighted by molar-refractivity contribution is -0.125. The molecule has 3 heteroatoms. The van der Waals surface area contributed by atoms with E-state index < -0.39 is 0 Å². The number of carbonyl (C=O) groups excluding carboxylic acids is 1. The van der Waals surface area contributed by atoms with Crippen LogP contribution >= 0.6 is 11.6 Å². The zero-order valence-corrected chi connectivity index (χ0v) is 10.1. The van der Waals surface area contributed by atoms with Gasteiger partial charge in [-0.2, -0.15) is 0 Å². The Morgan fingerprint density at radius 1 is 1.33 bits per heavy atom. The highest BCUT2D eigenvalue weighted by Gasteiger charge is 2.23. The third kappa shape index (κ3) is 4.70. The molecular formula is C12H20ClNO. The van der Waals surface area contributed by atoms with Gasteiger partial charge in [-0.05, 0) is 31.6 Å². The van der Waals surface area contributed by atoms with Crippen molar-refractivity contribution in [2.75, 3.05) is 12.4 Å². The zero-order valence-electron chi connectivity index (χ0n) is 9.34. The quantitative estimate of drug-likeness (QED) is 0.583. The van der Waals surface area contributed by atoms with E-state index in [0.29, 0.717) is 12.4 Å². The van der Waals surface area contributed by atoms with Crippen LogP contribution in [-0.2, 0) is 4.79 Å². The van der Waals surface area contributed by atoms with Crippen LogP contribution in [-0.4, -0.2) is 18.3 Å². The highest BCUT2D eigenvalue weighted by atomic mass is 35.5.